The topological polar surface area (TPSA) is 9.23 Å². The van der Waals surface area contributed by atoms with Crippen LogP contribution in [0.3, 0.4) is 0 Å². The van der Waals surface area contributed by atoms with Gasteiger partial charge in [-0.2, -0.15) is 0 Å². The van der Waals surface area contributed by atoms with E-state index >= 15 is 0 Å². The molecule has 2 unspecified atom stereocenters. The Kier molecular flexibility index (Phi) is 1.82. The second-order valence-electron chi connectivity index (χ2n) is 2.57. The molecule has 0 bridgehead atoms. The zero-order valence-corrected chi connectivity index (χ0v) is 7.44. The molecule has 0 aliphatic carbocycles. The second-order valence-corrected chi connectivity index (χ2v) is 4.85. The Labute approximate surface area is 63.9 Å². The van der Waals surface area contributed by atoms with E-state index < -0.39 is 0 Å². The fourth-order valence-electron chi connectivity index (χ4n) is 0.998. The molecule has 1 nitrogen and oxygen atoms in total. The van der Waals surface area contributed by atoms with Crippen LogP contribution in [0.4, 0.5) is 0 Å². The second kappa shape index (κ2) is 2.14. The first-order valence-electron chi connectivity index (χ1n) is 2.97. The molecule has 0 aromatic rings. The lowest BCUT2D eigenvalue weighted by atomic mass is 10.2. The molecule has 0 radical (unpaired) electrons. The average molecular weight is 226 g/mol. The summed E-state index contributed by atoms with van der Waals surface area (Å²) in [5, 5.41) is 0. The van der Waals surface area contributed by atoms with Gasteiger partial charge >= 0.3 is 0 Å². The van der Waals surface area contributed by atoms with Crippen LogP contribution in [0.2, 0.25) is 0 Å². The Morgan fingerprint density at radius 3 is 2.50 bits per heavy atom. The maximum atomic E-state index is 5.54. The maximum absolute atomic E-state index is 5.54. The van der Waals surface area contributed by atoms with Gasteiger partial charge < -0.3 is 4.74 Å². The lowest BCUT2D eigenvalue weighted by Crippen LogP contribution is -2.13. The van der Waals surface area contributed by atoms with Crippen LogP contribution in [0.1, 0.15) is 26.7 Å². The predicted molar refractivity (Wildman–Crippen MR) is 42.2 cm³/mol. The van der Waals surface area contributed by atoms with Gasteiger partial charge in [0.2, 0.25) is 0 Å². The molecular weight excluding hydrogens is 215 g/mol. The first kappa shape index (κ1) is 6.81. The third-order valence-corrected chi connectivity index (χ3v) is 2.24. The number of hydrogen-bond donors (Lipinski definition) is 0. The highest BCUT2D eigenvalue weighted by atomic mass is 127. The quantitative estimate of drug-likeness (QED) is 0.455. The molecule has 48 valence electrons. The predicted octanol–water partition coefficient (Wildman–Crippen LogP) is 2.34. The van der Waals surface area contributed by atoms with E-state index in [1.54, 1.807) is 0 Å². The van der Waals surface area contributed by atoms with Gasteiger partial charge in [0.15, 0.2) is 0 Å². The average Bonchev–Trinajstić information content (AvgIpc) is 1.82. The van der Waals surface area contributed by atoms with Gasteiger partial charge in [-0.15, -0.1) is 0 Å². The summed E-state index contributed by atoms with van der Waals surface area (Å²) in [7, 11) is 0. The van der Waals surface area contributed by atoms with Crippen molar-refractivity contribution >= 4 is 22.6 Å². The minimum atomic E-state index is 0.136. The van der Waals surface area contributed by atoms with Gasteiger partial charge in [-0.05, 0) is 49.3 Å². The summed E-state index contributed by atoms with van der Waals surface area (Å²) in [6, 6.07) is 0. The molecule has 1 fully saturated rings. The van der Waals surface area contributed by atoms with Crippen molar-refractivity contribution in [3.05, 3.63) is 0 Å². The lowest BCUT2D eigenvalue weighted by Gasteiger charge is -2.14. The third-order valence-electron chi connectivity index (χ3n) is 1.44. The molecule has 0 N–H and O–H groups in total. The van der Waals surface area contributed by atoms with Gasteiger partial charge in [0.1, 0.15) is 3.61 Å². The van der Waals surface area contributed by atoms with Crippen molar-refractivity contribution in [3.63, 3.8) is 0 Å². The van der Waals surface area contributed by atoms with Crippen molar-refractivity contribution < 1.29 is 4.74 Å². The highest BCUT2D eigenvalue weighted by Crippen LogP contribution is 2.35. The van der Waals surface area contributed by atoms with E-state index in [2.05, 4.69) is 36.4 Å². The van der Waals surface area contributed by atoms with E-state index in [-0.39, 0.29) is 3.61 Å². The number of ether oxygens (including phenoxy) is 1. The normalized spacial score (nSPS) is 47.6. The van der Waals surface area contributed by atoms with Gasteiger partial charge in [-0.25, -0.2) is 0 Å². The van der Waals surface area contributed by atoms with Crippen LogP contribution >= 0.6 is 22.6 Å². The number of hydrogen-bond acceptors (Lipinski definition) is 1. The molecule has 2 heteroatoms. The fraction of sp³-hybridized carbons (Fsp3) is 1.00. The molecule has 2 atom stereocenters. The van der Waals surface area contributed by atoms with E-state index in [4.69, 9.17) is 4.74 Å². The lowest BCUT2D eigenvalue weighted by molar-refractivity contribution is 0.0557. The molecular formula is C6H11IO. The number of rotatable bonds is 0. The SMILES string of the molecule is CC1CCC(C)(I)O1. The number of halogens is 1. The zero-order valence-electron chi connectivity index (χ0n) is 5.28. The molecule has 0 aromatic heterocycles. The zero-order chi connectivity index (χ0) is 6.20. The summed E-state index contributed by atoms with van der Waals surface area (Å²) >= 11 is 2.36. The van der Waals surface area contributed by atoms with E-state index in [1.165, 1.54) is 12.8 Å². The van der Waals surface area contributed by atoms with Gasteiger partial charge in [-0.3, -0.25) is 0 Å². The molecule has 1 rings (SSSR count). The molecule has 0 spiro atoms. The van der Waals surface area contributed by atoms with Crippen molar-refractivity contribution in [1.82, 2.24) is 0 Å². The number of alkyl halides is 1. The molecule has 0 saturated carbocycles. The van der Waals surface area contributed by atoms with E-state index in [1.807, 2.05) is 0 Å². The Morgan fingerprint density at radius 2 is 2.38 bits per heavy atom. The standard InChI is InChI=1S/C6H11IO/c1-5-3-4-6(2,7)8-5/h5H,3-4H2,1-2H3. The minimum absolute atomic E-state index is 0.136. The van der Waals surface area contributed by atoms with Gasteiger partial charge in [0.05, 0.1) is 6.10 Å². The Morgan fingerprint density at radius 1 is 1.75 bits per heavy atom. The smallest absolute Gasteiger partial charge is 0.116 e. The van der Waals surface area contributed by atoms with Crippen molar-refractivity contribution in [2.75, 3.05) is 0 Å². The van der Waals surface area contributed by atoms with E-state index in [0.717, 1.165) is 0 Å². The Balaban J connectivity index is 2.44. The summed E-state index contributed by atoms with van der Waals surface area (Å²) in [4.78, 5) is 0. The van der Waals surface area contributed by atoms with E-state index in [0.29, 0.717) is 6.10 Å². The minimum Gasteiger partial charge on any atom is -0.362 e. The molecule has 1 saturated heterocycles. The van der Waals surface area contributed by atoms with E-state index in [9.17, 15) is 0 Å². The molecule has 0 aromatic carbocycles. The van der Waals surface area contributed by atoms with Crippen LogP contribution in [-0.4, -0.2) is 9.71 Å². The highest BCUT2D eigenvalue weighted by Gasteiger charge is 2.30. The fourth-order valence-corrected chi connectivity index (χ4v) is 1.74. The van der Waals surface area contributed by atoms with Crippen LogP contribution in [0, 0.1) is 0 Å². The largest absolute Gasteiger partial charge is 0.362 e. The first-order valence-corrected chi connectivity index (χ1v) is 4.05. The van der Waals surface area contributed by atoms with Crippen LogP contribution in [0.15, 0.2) is 0 Å². The monoisotopic (exact) mass is 226 g/mol. The van der Waals surface area contributed by atoms with Crippen molar-refractivity contribution in [2.24, 2.45) is 0 Å². The molecule has 1 heterocycles. The van der Waals surface area contributed by atoms with Crippen molar-refractivity contribution in [3.8, 4) is 0 Å². The summed E-state index contributed by atoms with van der Waals surface area (Å²) in [5.74, 6) is 0. The first-order chi connectivity index (χ1) is 3.60. The third kappa shape index (κ3) is 1.58. The highest BCUT2D eigenvalue weighted by molar-refractivity contribution is 14.1. The summed E-state index contributed by atoms with van der Waals surface area (Å²) in [6.45, 7) is 4.26. The van der Waals surface area contributed by atoms with Crippen molar-refractivity contribution in [1.29, 1.82) is 0 Å². The van der Waals surface area contributed by atoms with Gasteiger partial charge in [-0.1, -0.05) is 0 Å². The summed E-state index contributed by atoms with van der Waals surface area (Å²) in [5.41, 5.74) is 0. The van der Waals surface area contributed by atoms with Gasteiger partial charge in [0, 0.05) is 0 Å². The van der Waals surface area contributed by atoms with Crippen LogP contribution in [0.5, 0.6) is 0 Å². The Hall–Kier alpha value is 0.690. The molecule has 1 aliphatic rings. The molecule has 1 aliphatic heterocycles. The van der Waals surface area contributed by atoms with Gasteiger partial charge in [0.25, 0.3) is 0 Å². The maximum Gasteiger partial charge on any atom is 0.116 e. The Bertz CT molecular complexity index is 90.5. The van der Waals surface area contributed by atoms with Crippen molar-refractivity contribution in [2.45, 2.75) is 36.4 Å². The summed E-state index contributed by atoms with van der Waals surface area (Å²) in [6.07, 6.45) is 2.91. The molecule has 0 amide bonds. The molecule has 8 heavy (non-hydrogen) atoms. The van der Waals surface area contributed by atoms with Crippen LogP contribution in [-0.2, 0) is 4.74 Å². The van der Waals surface area contributed by atoms with Crippen LogP contribution < -0.4 is 0 Å². The summed E-state index contributed by atoms with van der Waals surface area (Å²) < 4.78 is 5.67. The van der Waals surface area contributed by atoms with Crippen LogP contribution in [0.25, 0.3) is 0 Å².